The third kappa shape index (κ3) is 5.19. The Morgan fingerprint density at radius 2 is 1.70 bits per heavy atom. The lowest BCUT2D eigenvalue weighted by atomic mass is 10.1. The average molecular weight is 454 g/mol. The van der Waals surface area contributed by atoms with Gasteiger partial charge in [0, 0.05) is 37.8 Å². The highest BCUT2D eigenvalue weighted by Gasteiger charge is 2.27. The number of piperazine rings is 1. The van der Waals surface area contributed by atoms with E-state index in [1.54, 1.807) is 18.9 Å². The number of halogens is 2. The van der Waals surface area contributed by atoms with Crippen LogP contribution >= 0.6 is 0 Å². The number of aromatic nitrogens is 2. The van der Waals surface area contributed by atoms with Gasteiger partial charge in [-0.15, -0.1) is 10.2 Å². The molecule has 33 heavy (non-hydrogen) atoms. The molecule has 0 aliphatic carbocycles. The minimum atomic E-state index is -0.889. The monoisotopic (exact) mass is 454 g/mol. The van der Waals surface area contributed by atoms with Crippen LogP contribution < -0.4 is 14.4 Å². The zero-order valence-corrected chi connectivity index (χ0v) is 18.4. The van der Waals surface area contributed by atoms with E-state index in [-0.39, 0.29) is 11.7 Å². The standard InChI is InChI=1S/C24H24F2N4O3/c1-16(33-22-9-5-18(25)15-20(22)26)24(31)30-13-11-29(12-14-30)23-10-8-21(27-28-23)17-3-6-19(32-2)7-4-17/h3-10,15-16H,11-14H2,1-2H3. The Hall–Kier alpha value is -3.75. The van der Waals surface area contributed by atoms with Crippen LogP contribution in [0.2, 0.25) is 0 Å². The summed E-state index contributed by atoms with van der Waals surface area (Å²) in [5, 5.41) is 8.67. The number of hydrogen-bond acceptors (Lipinski definition) is 6. The SMILES string of the molecule is COc1ccc(-c2ccc(N3CCN(C(=O)C(C)Oc4ccc(F)cc4F)CC3)nn2)cc1. The molecule has 2 heterocycles. The maximum atomic E-state index is 13.8. The van der Waals surface area contributed by atoms with Crippen molar-refractivity contribution < 1.29 is 23.0 Å². The number of rotatable bonds is 6. The van der Waals surface area contributed by atoms with Crippen molar-refractivity contribution in [2.75, 3.05) is 38.2 Å². The fraction of sp³-hybridized carbons (Fsp3) is 0.292. The Bertz CT molecular complexity index is 1100. The van der Waals surface area contributed by atoms with Gasteiger partial charge in [-0.05, 0) is 55.5 Å². The van der Waals surface area contributed by atoms with E-state index in [4.69, 9.17) is 9.47 Å². The highest BCUT2D eigenvalue weighted by Crippen LogP contribution is 2.23. The second kappa shape index (κ2) is 9.81. The molecule has 1 unspecified atom stereocenters. The van der Waals surface area contributed by atoms with Gasteiger partial charge in [0.25, 0.3) is 5.91 Å². The first kappa shape index (κ1) is 22.4. The molecule has 0 saturated carbocycles. The van der Waals surface area contributed by atoms with Gasteiger partial charge in [0.2, 0.25) is 0 Å². The Morgan fingerprint density at radius 3 is 2.30 bits per heavy atom. The van der Waals surface area contributed by atoms with Crippen LogP contribution in [-0.2, 0) is 4.79 Å². The molecule has 0 N–H and O–H groups in total. The zero-order valence-electron chi connectivity index (χ0n) is 18.4. The molecule has 1 aromatic heterocycles. The minimum absolute atomic E-state index is 0.150. The number of methoxy groups -OCH3 is 1. The number of carbonyl (C=O) groups is 1. The second-order valence-corrected chi connectivity index (χ2v) is 7.65. The van der Waals surface area contributed by atoms with Crippen LogP contribution in [0.3, 0.4) is 0 Å². The number of carbonyl (C=O) groups excluding carboxylic acids is 1. The van der Waals surface area contributed by atoms with Gasteiger partial charge >= 0.3 is 0 Å². The van der Waals surface area contributed by atoms with E-state index >= 15 is 0 Å². The van der Waals surface area contributed by atoms with Crippen molar-refractivity contribution in [3.05, 3.63) is 66.2 Å². The molecule has 1 aliphatic rings. The van der Waals surface area contributed by atoms with Crippen LogP contribution in [0.5, 0.6) is 11.5 Å². The van der Waals surface area contributed by atoms with Crippen molar-refractivity contribution in [3.63, 3.8) is 0 Å². The topological polar surface area (TPSA) is 67.8 Å². The summed E-state index contributed by atoms with van der Waals surface area (Å²) in [6, 6.07) is 14.4. The third-order valence-corrected chi connectivity index (χ3v) is 5.50. The van der Waals surface area contributed by atoms with Crippen molar-refractivity contribution in [2.24, 2.45) is 0 Å². The Morgan fingerprint density at radius 1 is 0.970 bits per heavy atom. The molecule has 1 amide bonds. The average Bonchev–Trinajstić information content (AvgIpc) is 2.85. The number of hydrogen-bond donors (Lipinski definition) is 0. The largest absolute Gasteiger partial charge is 0.497 e. The molecule has 3 aromatic rings. The highest BCUT2D eigenvalue weighted by atomic mass is 19.1. The normalized spacial score (nSPS) is 14.7. The van der Waals surface area contributed by atoms with Crippen LogP contribution in [0.15, 0.2) is 54.6 Å². The first-order valence-electron chi connectivity index (χ1n) is 10.6. The predicted molar refractivity (Wildman–Crippen MR) is 119 cm³/mol. The van der Waals surface area contributed by atoms with Gasteiger partial charge in [0.1, 0.15) is 11.6 Å². The lowest BCUT2D eigenvalue weighted by Gasteiger charge is -2.36. The van der Waals surface area contributed by atoms with Crippen LogP contribution in [0.1, 0.15) is 6.92 Å². The molecule has 1 fully saturated rings. The van der Waals surface area contributed by atoms with E-state index < -0.39 is 17.7 Å². The molecule has 172 valence electrons. The van der Waals surface area contributed by atoms with E-state index in [0.717, 1.165) is 35.0 Å². The molecule has 2 aromatic carbocycles. The molecule has 1 saturated heterocycles. The Labute approximate surface area is 190 Å². The van der Waals surface area contributed by atoms with Gasteiger partial charge in [-0.25, -0.2) is 8.78 Å². The summed E-state index contributed by atoms with van der Waals surface area (Å²) in [5.74, 6) is -0.427. The van der Waals surface area contributed by atoms with Gasteiger partial charge in [0.15, 0.2) is 23.5 Å². The summed E-state index contributed by atoms with van der Waals surface area (Å²) in [6.45, 7) is 3.67. The Kier molecular flexibility index (Phi) is 6.67. The lowest BCUT2D eigenvalue weighted by Crippen LogP contribution is -2.52. The maximum Gasteiger partial charge on any atom is 0.263 e. The summed E-state index contributed by atoms with van der Waals surface area (Å²) in [7, 11) is 1.62. The molecule has 4 rings (SSSR count). The fourth-order valence-electron chi connectivity index (χ4n) is 3.63. The van der Waals surface area contributed by atoms with E-state index in [1.165, 1.54) is 6.07 Å². The molecular weight excluding hydrogens is 430 g/mol. The van der Waals surface area contributed by atoms with Crippen molar-refractivity contribution in [1.82, 2.24) is 15.1 Å². The van der Waals surface area contributed by atoms with Crippen LogP contribution in [0, 0.1) is 11.6 Å². The van der Waals surface area contributed by atoms with E-state index in [1.807, 2.05) is 36.4 Å². The first-order chi connectivity index (χ1) is 15.9. The molecule has 0 bridgehead atoms. The summed E-state index contributed by atoms with van der Waals surface area (Å²) in [5.41, 5.74) is 1.70. The molecule has 7 nitrogen and oxygen atoms in total. The Balaban J connectivity index is 1.32. The summed E-state index contributed by atoms with van der Waals surface area (Å²) in [4.78, 5) is 16.4. The van der Waals surface area contributed by atoms with E-state index in [2.05, 4.69) is 15.1 Å². The third-order valence-electron chi connectivity index (χ3n) is 5.50. The number of anilines is 1. The molecule has 1 aliphatic heterocycles. The fourth-order valence-corrected chi connectivity index (χ4v) is 3.63. The van der Waals surface area contributed by atoms with Crippen molar-refractivity contribution in [2.45, 2.75) is 13.0 Å². The number of nitrogens with zero attached hydrogens (tertiary/aromatic N) is 4. The molecule has 0 radical (unpaired) electrons. The number of ether oxygens (including phenoxy) is 2. The van der Waals surface area contributed by atoms with E-state index in [0.29, 0.717) is 26.2 Å². The quantitative estimate of drug-likeness (QED) is 0.568. The first-order valence-corrected chi connectivity index (χ1v) is 10.6. The van der Waals surface area contributed by atoms with Crippen LogP contribution in [-0.4, -0.2) is 60.4 Å². The molecular formula is C24H24F2N4O3. The summed E-state index contributed by atoms with van der Waals surface area (Å²) < 4.78 is 37.5. The van der Waals surface area contributed by atoms with Gasteiger partial charge in [-0.3, -0.25) is 4.79 Å². The minimum Gasteiger partial charge on any atom is -0.497 e. The van der Waals surface area contributed by atoms with Gasteiger partial charge in [-0.2, -0.15) is 0 Å². The van der Waals surface area contributed by atoms with Crippen molar-refractivity contribution >= 4 is 11.7 Å². The smallest absolute Gasteiger partial charge is 0.263 e. The molecule has 9 heteroatoms. The van der Waals surface area contributed by atoms with Crippen LogP contribution in [0.4, 0.5) is 14.6 Å². The van der Waals surface area contributed by atoms with Gasteiger partial charge < -0.3 is 19.3 Å². The zero-order chi connectivity index (χ0) is 23.4. The summed E-state index contributed by atoms with van der Waals surface area (Å²) >= 11 is 0. The van der Waals surface area contributed by atoms with Crippen molar-refractivity contribution in [1.29, 1.82) is 0 Å². The van der Waals surface area contributed by atoms with Crippen molar-refractivity contribution in [3.8, 4) is 22.8 Å². The van der Waals surface area contributed by atoms with Gasteiger partial charge in [0.05, 0.1) is 12.8 Å². The molecule has 1 atom stereocenters. The highest BCUT2D eigenvalue weighted by molar-refractivity contribution is 5.81. The summed E-state index contributed by atoms with van der Waals surface area (Å²) in [6.07, 6.45) is -0.889. The lowest BCUT2D eigenvalue weighted by molar-refractivity contribution is -0.138. The second-order valence-electron chi connectivity index (χ2n) is 7.65. The number of amides is 1. The predicted octanol–water partition coefficient (Wildman–Crippen LogP) is 3.55. The number of benzene rings is 2. The van der Waals surface area contributed by atoms with E-state index in [9.17, 15) is 13.6 Å². The van der Waals surface area contributed by atoms with Gasteiger partial charge in [-0.1, -0.05) is 0 Å². The van der Waals surface area contributed by atoms with Crippen LogP contribution in [0.25, 0.3) is 11.3 Å². The molecule has 0 spiro atoms. The maximum absolute atomic E-state index is 13.8.